The lowest BCUT2D eigenvalue weighted by molar-refractivity contribution is 0.129. The first-order valence-corrected chi connectivity index (χ1v) is 4.02. The van der Waals surface area contributed by atoms with E-state index in [1.54, 1.807) is 0 Å². The number of rotatable bonds is 1. The van der Waals surface area contributed by atoms with Crippen molar-refractivity contribution in [2.75, 3.05) is 0 Å². The van der Waals surface area contributed by atoms with Gasteiger partial charge >= 0.3 is 0 Å². The standard InChI is InChI=1S/C10H12/c1-2-4-8-7-9-5-3-6-10(8)9/h1,3,5,8-10H,4,6-7H2. The number of fused-ring (bicyclic) bond motifs is 1. The summed E-state index contributed by atoms with van der Waals surface area (Å²) in [5.41, 5.74) is 0. The van der Waals surface area contributed by atoms with Crippen LogP contribution >= 0.6 is 0 Å². The van der Waals surface area contributed by atoms with E-state index in [0.29, 0.717) is 0 Å². The third-order valence-electron chi connectivity index (χ3n) is 2.90. The Hall–Kier alpha value is -0.700. The lowest BCUT2D eigenvalue weighted by atomic mass is 9.65. The second kappa shape index (κ2) is 2.16. The van der Waals surface area contributed by atoms with E-state index in [1.165, 1.54) is 12.8 Å². The minimum atomic E-state index is 0.852. The van der Waals surface area contributed by atoms with Crippen LogP contribution in [0.25, 0.3) is 0 Å². The van der Waals surface area contributed by atoms with Crippen molar-refractivity contribution in [3.8, 4) is 12.3 Å². The molecule has 0 N–H and O–H groups in total. The Bertz CT molecular complexity index is 195. The number of hydrogen-bond donors (Lipinski definition) is 0. The molecule has 10 heavy (non-hydrogen) atoms. The lowest BCUT2D eigenvalue weighted by Gasteiger charge is -2.39. The molecule has 3 atom stereocenters. The fourth-order valence-electron chi connectivity index (χ4n) is 2.24. The second-order valence-corrected chi connectivity index (χ2v) is 3.40. The lowest BCUT2D eigenvalue weighted by Crippen LogP contribution is -2.32. The molecule has 2 aliphatic carbocycles. The third-order valence-corrected chi connectivity index (χ3v) is 2.90. The Morgan fingerprint density at radius 3 is 3.20 bits per heavy atom. The molecule has 0 aromatic carbocycles. The molecule has 0 saturated heterocycles. The van der Waals surface area contributed by atoms with E-state index in [9.17, 15) is 0 Å². The Labute approximate surface area is 62.3 Å². The molecule has 0 radical (unpaired) electrons. The van der Waals surface area contributed by atoms with Crippen LogP contribution in [0.3, 0.4) is 0 Å². The maximum absolute atomic E-state index is 5.25. The number of hydrogen-bond acceptors (Lipinski definition) is 0. The summed E-state index contributed by atoms with van der Waals surface area (Å²) in [6.07, 6.45) is 13.6. The summed E-state index contributed by atoms with van der Waals surface area (Å²) in [5.74, 6) is 5.43. The van der Waals surface area contributed by atoms with Crippen LogP contribution in [0, 0.1) is 30.1 Å². The summed E-state index contributed by atoms with van der Waals surface area (Å²) >= 11 is 0. The molecular weight excluding hydrogens is 120 g/mol. The number of allylic oxidation sites excluding steroid dienone is 2. The van der Waals surface area contributed by atoms with E-state index < -0.39 is 0 Å². The second-order valence-electron chi connectivity index (χ2n) is 3.40. The average Bonchev–Trinajstić information content (AvgIpc) is 2.26. The Morgan fingerprint density at radius 2 is 2.50 bits per heavy atom. The van der Waals surface area contributed by atoms with Gasteiger partial charge in [0.05, 0.1) is 0 Å². The van der Waals surface area contributed by atoms with Crippen LogP contribution in [0.1, 0.15) is 19.3 Å². The van der Waals surface area contributed by atoms with Gasteiger partial charge in [0, 0.05) is 6.42 Å². The molecule has 2 aliphatic rings. The van der Waals surface area contributed by atoms with Crippen LogP contribution < -0.4 is 0 Å². The van der Waals surface area contributed by atoms with E-state index in [-0.39, 0.29) is 0 Å². The summed E-state index contributed by atoms with van der Waals surface area (Å²) in [7, 11) is 0. The first-order valence-electron chi connectivity index (χ1n) is 4.02. The maximum Gasteiger partial charge on any atom is 0.0118 e. The van der Waals surface area contributed by atoms with Gasteiger partial charge in [-0.2, -0.15) is 0 Å². The van der Waals surface area contributed by atoms with Crippen molar-refractivity contribution in [3.05, 3.63) is 12.2 Å². The van der Waals surface area contributed by atoms with Gasteiger partial charge in [-0.25, -0.2) is 0 Å². The molecule has 0 aromatic heterocycles. The van der Waals surface area contributed by atoms with Gasteiger partial charge in [0.2, 0.25) is 0 Å². The number of terminal acetylenes is 1. The van der Waals surface area contributed by atoms with E-state index in [1.807, 2.05) is 0 Å². The van der Waals surface area contributed by atoms with Crippen LogP contribution in [0.2, 0.25) is 0 Å². The summed E-state index contributed by atoms with van der Waals surface area (Å²) < 4.78 is 0. The minimum Gasteiger partial charge on any atom is -0.120 e. The zero-order valence-electron chi connectivity index (χ0n) is 6.09. The van der Waals surface area contributed by atoms with Gasteiger partial charge < -0.3 is 0 Å². The summed E-state index contributed by atoms with van der Waals surface area (Å²) in [4.78, 5) is 0. The fraction of sp³-hybridized carbons (Fsp3) is 0.600. The Balaban J connectivity index is 1.92. The van der Waals surface area contributed by atoms with Crippen LogP contribution in [0.5, 0.6) is 0 Å². The van der Waals surface area contributed by atoms with Crippen molar-refractivity contribution in [1.29, 1.82) is 0 Å². The molecule has 2 rings (SSSR count). The third kappa shape index (κ3) is 0.703. The topological polar surface area (TPSA) is 0 Å². The summed E-state index contributed by atoms with van der Waals surface area (Å²) in [6.45, 7) is 0. The van der Waals surface area contributed by atoms with Gasteiger partial charge in [-0.05, 0) is 30.6 Å². The molecular formula is C10H12. The monoisotopic (exact) mass is 132 g/mol. The highest BCUT2D eigenvalue weighted by molar-refractivity contribution is 5.11. The predicted octanol–water partition coefficient (Wildman–Crippen LogP) is 2.22. The van der Waals surface area contributed by atoms with Crippen molar-refractivity contribution >= 4 is 0 Å². The van der Waals surface area contributed by atoms with Crippen molar-refractivity contribution in [3.63, 3.8) is 0 Å². The summed E-state index contributed by atoms with van der Waals surface area (Å²) in [6, 6.07) is 0. The van der Waals surface area contributed by atoms with Crippen molar-refractivity contribution < 1.29 is 0 Å². The smallest absolute Gasteiger partial charge is 0.0118 e. The molecule has 1 saturated carbocycles. The Kier molecular flexibility index (Phi) is 1.31. The van der Waals surface area contributed by atoms with Gasteiger partial charge in [0.1, 0.15) is 0 Å². The predicted molar refractivity (Wildman–Crippen MR) is 42.3 cm³/mol. The molecule has 0 aromatic rings. The zero-order valence-corrected chi connectivity index (χ0v) is 6.09. The maximum atomic E-state index is 5.25. The van der Waals surface area contributed by atoms with Gasteiger partial charge in [0.15, 0.2) is 0 Å². The van der Waals surface area contributed by atoms with Crippen LogP contribution in [-0.2, 0) is 0 Å². The van der Waals surface area contributed by atoms with E-state index in [0.717, 1.165) is 24.2 Å². The van der Waals surface area contributed by atoms with E-state index in [2.05, 4.69) is 18.1 Å². The molecule has 0 nitrogen and oxygen atoms in total. The van der Waals surface area contributed by atoms with Crippen molar-refractivity contribution in [2.45, 2.75) is 19.3 Å². The highest BCUT2D eigenvalue weighted by atomic mass is 14.4. The minimum absolute atomic E-state index is 0.852. The highest BCUT2D eigenvalue weighted by Crippen LogP contribution is 2.48. The normalized spacial score (nSPS) is 42.1. The SMILES string of the molecule is C#CCC1CC2C=CCC21. The van der Waals surface area contributed by atoms with Crippen LogP contribution in [0.4, 0.5) is 0 Å². The zero-order chi connectivity index (χ0) is 6.97. The molecule has 52 valence electrons. The molecule has 0 heteroatoms. The first-order chi connectivity index (χ1) is 4.92. The largest absolute Gasteiger partial charge is 0.120 e. The molecule has 0 heterocycles. The average molecular weight is 132 g/mol. The van der Waals surface area contributed by atoms with Gasteiger partial charge in [0.25, 0.3) is 0 Å². The van der Waals surface area contributed by atoms with Crippen molar-refractivity contribution in [1.82, 2.24) is 0 Å². The van der Waals surface area contributed by atoms with Crippen LogP contribution in [0.15, 0.2) is 12.2 Å². The first kappa shape index (κ1) is 6.04. The summed E-state index contributed by atoms with van der Waals surface area (Å²) in [5, 5.41) is 0. The van der Waals surface area contributed by atoms with Gasteiger partial charge in [-0.1, -0.05) is 12.2 Å². The molecule has 3 unspecified atom stereocenters. The van der Waals surface area contributed by atoms with Gasteiger partial charge in [-0.15, -0.1) is 12.3 Å². The fourth-order valence-corrected chi connectivity index (χ4v) is 2.24. The van der Waals surface area contributed by atoms with Crippen molar-refractivity contribution in [2.24, 2.45) is 17.8 Å². The molecule has 0 bridgehead atoms. The highest BCUT2D eigenvalue weighted by Gasteiger charge is 2.39. The molecule has 1 fully saturated rings. The Morgan fingerprint density at radius 1 is 1.60 bits per heavy atom. The van der Waals surface area contributed by atoms with E-state index in [4.69, 9.17) is 6.42 Å². The van der Waals surface area contributed by atoms with Gasteiger partial charge in [-0.3, -0.25) is 0 Å². The molecule has 0 amide bonds. The molecule has 0 aliphatic heterocycles. The van der Waals surface area contributed by atoms with Crippen LogP contribution in [-0.4, -0.2) is 0 Å². The quantitative estimate of drug-likeness (QED) is 0.379. The molecule has 0 spiro atoms. The van der Waals surface area contributed by atoms with E-state index >= 15 is 0 Å².